The van der Waals surface area contributed by atoms with Gasteiger partial charge in [0, 0.05) is 49.4 Å². The lowest BCUT2D eigenvalue weighted by Crippen LogP contribution is -2.38. The van der Waals surface area contributed by atoms with Gasteiger partial charge in [-0.25, -0.2) is 0 Å². The summed E-state index contributed by atoms with van der Waals surface area (Å²) in [4.78, 5) is 16.7. The predicted octanol–water partition coefficient (Wildman–Crippen LogP) is 3.46. The Kier molecular flexibility index (Phi) is 9.62. The lowest BCUT2D eigenvalue weighted by Gasteiger charge is -2.12. The number of carbonyl (C=O) groups is 1. The van der Waals surface area contributed by atoms with Crippen LogP contribution in [0.25, 0.3) is 0 Å². The van der Waals surface area contributed by atoms with Crippen molar-refractivity contribution in [3.05, 3.63) is 28.2 Å². The summed E-state index contributed by atoms with van der Waals surface area (Å²) in [7, 11) is 0. The van der Waals surface area contributed by atoms with E-state index in [-0.39, 0.29) is 5.91 Å². The zero-order chi connectivity index (χ0) is 19.5. The van der Waals surface area contributed by atoms with Crippen molar-refractivity contribution in [3.63, 3.8) is 0 Å². The molecule has 0 saturated heterocycles. The van der Waals surface area contributed by atoms with Crippen LogP contribution in [0.5, 0.6) is 0 Å². The highest BCUT2D eigenvalue weighted by molar-refractivity contribution is 9.10. The van der Waals surface area contributed by atoms with E-state index in [0.29, 0.717) is 19.5 Å². The Morgan fingerprint density at radius 1 is 1.33 bits per heavy atom. The molecule has 1 aliphatic carbocycles. The average molecular weight is 439 g/mol. The third-order valence-corrected chi connectivity index (χ3v) is 4.71. The molecule has 1 aromatic rings. The van der Waals surface area contributed by atoms with Gasteiger partial charge in [-0.3, -0.25) is 9.79 Å². The largest absolute Gasteiger partial charge is 0.381 e. The number of nitrogens with zero attached hydrogens (tertiary/aromatic N) is 1. The Labute approximate surface area is 170 Å². The first-order valence-electron chi connectivity index (χ1n) is 9.74. The number of hydrogen-bond acceptors (Lipinski definition) is 3. The summed E-state index contributed by atoms with van der Waals surface area (Å²) >= 11 is 3.43. The number of amides is 1. The summed E-state index contributed by atoms with van der Waals surface area (Å²) in [5, 5.41) is 9.36. The number of benzene rings is 1. The third-order valence-electron chi connectivity index (χ3n) is 4.22. The SMILES string of the molecule is CCNC(=NCCCOCC1CC1)NCCC(=O)Nc1ccc(Br)cc1C. The van der Waals surface area contributed by atoms with E-state index >= 15 is 0 Å². The Morgan fingerprint density at radius 3 is 2.85 bits per heavy atom. The second-order valence-corrected chi connectivity index (χ2v) is 7.73. The molecule has 1 aliphatic rings. The van der Waals surface area contributed by atoms with Crippen molar-refractivity contribution >= 4 is 33.5 Å². The molecule has 0 aromatic heterocycles. The van der Waals surface area contributed by atoms with Gasteiger partial charge in [0.05, 0.1) is 0 Å². The van der Waals surface area contributed by atoms with Gasteiger partial charge in [-0.2, -0.15) is 0 Å². The molecule has 0 aliphatic heterocycles. The standard InChI is InChI=1S/C20H31BrN4O2/c1-3-22-20(23-10-4-12-27-14-16-5-6-16)24-11-9-19(26)25-18-8-7-17(21)13-15(18)2/h7-8,13,16H,3-6,9-12,14H2,1-2H3,(H,25,26)(H2,22,23,24). The topological polar surface area (TPSA) is 74.8 Å². The number of rotatable bonds is 11. The summed E-state index contributed by atoms with van der Waals surface area (Å²) in [6, 6.07) is 5.81. The molecule has 6 nitrogen and oxygen atoms in total. The number of hydrogen-bond donors (Lipinski definition) is 3. The van der Waals surface area contributed by atoms with Crippen LogP contribution in [-0.2, 0) is 9.53 Å². The average Bonchev–Trinajstić information content (AvgIpc) is 3.44. The Morgan fingerprint density at radius 2 is 2.15 bits per heavy atom. The normalized spacial score (nSPS) is 14.1. The minimum atomic E-state index is -0.0164. The van der Waals surface area contributed by atoms with Crippen LogP contribution in [0.2, 0.25) is 0 Å². The molecule has 0 atom stereocenters. The van der Waals surface area contributed by atoms with E-state index in [1.54, 1.807) is 0 Å². The monoisotopic (exact) mass is 438 g/mol. The molecule has 1 saturated carbocycles. The second-order valence-electron chi connectivity index (χ2n) is 6.82. The predicted molar refractivity (Wildman–Crippen MR) is 114 cm³/mol. The first-order chi connectivity index (χ1) is 13.1. The minimum absolute atomic E-state index is 0.0164. The molecule has 1 amide bonds. The van der Waals surface area contributed by atoms with E-state index in [4.69, 9.17) is 4.74 Å². The third kappa shape index (κ3) is 9.24. The van der Waals surface area contributed by atoms with Gasteiger partial charge in [0.1, 0.15) is 0 Å². The van der Waals surface area contributed by atoms with Crippen molar-refractivity contribution in [2.45, 2.75) is 39.5 Å². The van der Waals surface area contributed by atoms with Gasteiger partial charge >= 0.3 is 0 Å². The van der Waals surface area contributed by atoms with Crippen LogP contribution in [0.15, 0.2) is 27.7 Å². The molecule has 3 N–H and O–H groups in total. The fourth-order valence-electron chi connectivity index (χ4n) is 2.51. The highest BCUT2D eigenvalue weighted by atomic mass is 79.9. The van der Waals surface area contributed by atoms with Crippen molar-refractivity contribution in [3.8, 4) is 0 Å². The molecule has 2 rings (SSSR count). The highest BCUT2D eigenvalue weighted by Gasteiger charge is 2.20. The molecule has 1 aromatic carbocycles. The van der Waals surface area contributed by atoms with Crippen molar-refractivity contribution < 1.29 is 9.53 Å². The highest BCUT2D eigenvalue weighted by Crippen LogP contribution is 2.28. The zero-order valence-electron chi connectivity index (χ0n) is 16.3. The maximum atomic E-state index is 12.1. The van der Waals surface area contributed by atoms with Crippen molar-refractivity contribution in [1.29, 1.82) is 0 Å². The summed E-state index contributed by atoms with van der Waals surface area (Å²) in [5.74, 6) is 1.53. The molecule has 0 radical (unpaired) electrons. The van der Waals surface area contributed by atoms with E-state index in [2.05, 4.69) is 36.9 Å². The van der Waals surface area contributed by atoms with E-state index in [1.807, 2.05) is 32.0 Å². The fourth-order valence-corrected chi connectivity index (χ4v) is 2.98. The van der Waals surface area contributed by atoms with Gasteiger partial charge < -0.3 is 20.7 Å². The number of aryl methyl sites for hydroxylation is 1. The van der Waals surface area contributed by atoms with Crippen LogP contribution in [-0.4, -0.2) is 44.7 Å². The molecule has 1 fully saturated rings. The molecule has 0 spiro atoms. The number of halogens is 1. The van der Waals surface area contributed by atoms with Gasteiger partial charge in [-0.05, 0) is 62.8 Å². The maximum absolute atomic E-state index is 12.1. The molecular formula is C20H31BrN4O2. The molecule has 0 bridgehead atoms. The van der Waals surface area contributed by atoms with Crippen LogP contribution in [0.3, 0.4) is 0 Å². The molecule has 27 heavy (non-hydrogen) atoms. The molecular weight excluding hydrogens is 408 g/mol. The van der Waals surface area contributed by atoms with E-state index in [0.717, 1.165) is 53.8 Å². The van der Waals surface area contributed by atoms with E-state index < -0.39 is 0 Å². The van der Waals surface area contributed by atoms with Crippen molar-refractivity contribution in [2.75, 3.05) is 38.2 Å². The number of aliphatic imine (C=N–C) groups is 1. The Balaban J connectivity index is 1.64. The smallest absolute Gasteiger partial charge is 0.226 e. The number of nitrogens with one attached hydrogen (secondary N) is 3. The van der Waals surface area contributed by atoms with Gasteiger partial charge in [0.15, 0.2) is 5.96 Å². The lowest BCUT2D eigenvalue weighted by atomic mass is 10.2. The summed E-state index contributed by atoms with van der Waals surface area (Å²) in [6.45, 7) is 7.69. The van der Waals surface area contributed by atoms with E-state index in [9.17, 15) is 4.79 Å². The van der Waals surface area contributed by atoms with E-state index in [1.165, 1.54) is 12.8 Å². The van der Waals surface area contributed by atoms with Crippen LogP contribution in [0, 0.1) is 12.8 Å². The van der Waals surface area contributed by atoms with Gasteiger partial charge in [-0.1, -0.05) is 15.9 Å². The zero-order valence-corrected chi connectivity index (χ0v) is 17.9. The van der Waals surface area contributed by atoms with Crippen LogP contribution < -0.4 is 16.0 Å². The molecule has 0 unspecified atom stereocenters. The summed E-state index contributed by atoms with van der Waals surface area (Å²) < 4.78 is 6.62. The number of ether oxygens (including phenoxy) is 1. The Hall–Kier alpha value is -1.60. The second kappa shape index (κ2) is 12.0. The number of anilines is 1. The van der Waals surface area contributed by atoms with Crippen LogP contribution in [0.1, 0.15) is 38.2 Å². The quantitative estimate of drug-likeness (QED) is 0.281. The molecule has 0 heterocycles. The number of carbonyl (C=O) groups excluding carboxylic acids is 1. The summed E-state index contributed by atoms with van der Waals surface area (Å²) in [5.41, 5.74) is 1.87. The summed E-state index contributed by atoms with van der Waals surface area (Å²) in [6.07, 6.45) is 3.93. The molecule has 7 heteroatoms. The minimum Gasteiger partial charge on any atom is -0.381 e. The van der Waals surface area contributed by atoms with Gasteiger partial charge in [0.2, 0.25) is 5.91 Å². The lowest BCUT2D eigenvalue weighted by molar-refractivity contribution is -0.116. The van der Waals surface area contributed by atoms with Crippen molar-refractivity contribution in [2.24, 2.45) is 10.9 Å². The maximum Gasteiger partial charge on any atom is 0.226 e. The molecule has 150 valence electrons. The van der Waals surface area contributed by atoms with Crippen LogP contribution in [0.4, 0.5) is 5.69 Å². The first-order valence-corrected chi connectivity index (χ1v) is 10.5. The fraction of sp³-hybridized carbons (Fsp3) is 0.600. The van der Waals surface area contributed by atoms with Gasteiger partial charge in [-0.15, -0.1) is 0 Å². The van der Waals surface area contributed by atoms with Crippen molar-refractivity contribution in [1.82, 2.24) is 10.6 Å². The Bertz CT molecular complexity index is 632. The van der Waals surface area contributed by atoms with Gasteiger partial charge in [0.25, 0.3) is 0 Å². The van der Waals surface area contributed by atoms with Crippen LogP contribution >= 0.6 is 15.9 Å². The number of guanidine groups is 1. The first kappa shape index (κ1) is 21.7.